The van der Waals surface area contributed by atoms with Gasteiger partial charge in [0, 0.05) is 24.3 Å². The number of anilines is 1. The Bertz CT molecular complexity index is 743. The van der Waals surface area contributed by atoms with Crippen LogP contribution in [0.5, 0.6) is 11.5 Å². The summed E-state index contributed by atoms with van der Waals surface area (Å²) in [6.07, 6.45) is 0. The number of hydrogen-bond acceptors (Lipinski definition) is 4. The Kier molecular flexibility index (Phi) is 3.60. The Labute approximate surface area is 113 Å². The highest BCUT2D eigenvalue weighted by Crippen LogP contribution is 2.27. The molecule has 2 rings (SSSR count). The molecule has 2 aromatic carbocycles. The van der Waals surface area contributed by atoms with E-state index in [1.54, 1.807) is 0 Å². The van der Waals surface area contributed by atoms with Crippen molar-refractivity contribution in [3.8, 4) is 11.5 Å². The van der Waals surface area contributed by atoms with Gasteiger partial charge in [-0.1, -0.05) is 0 Å². The van der Waals surface area contributed by atoms with Crippen molar-refractivity contribution < 1.29 is 21.9 Å². The summed E-state index contributed by atoms with van der Waals surface area (Å²) in [5, 5.41) is 4.95. The van der Waals surface area contributed by atoms with Crippen molar-refractivity contribution in [3.05, 3.63) is 48.0 Å². The van der Waals surface area contributed by atoms with Gasteiger partial charge < -0.3 is 10.5 Å². The van der Waals surface area contributed by atoms with Crippen molar-refractivity contribution >= 4 is 15.7 Å². The molecule has 0 heterocycles. The Hall–Kier alpha value is -2.19. The zero-order valence-corrected chi connectivity index (χ0v) is 10.8. The molecule has 0 unspecified atom stereocenters. The van der Waals surface area contributed by atoms with Gasteiger partial charge in [-0.05, 0) is 12.1 Å². The summed E-state index contributed by atoms with van der Waals surface area (Å²) in [4.78, 5) is -0.254. The molecule has 4 N–H and O–H groups in total. The molecule has 0 amide bonds. The first-order chi connectivity index (χ1) is 9.25. The normalized spacial score (nSPS) is 11.3. The van der Waals surface area contributed by atoms with E-state index in [9.17, 15) is 17.2 Å². The average Bonchev–Trinajstić information content (AvgIpc) is 2.25. The predicted molar refractivity (Wildman–Crippen MR) is 68.7 cm³/mol. The van der Waals surface area contributed by atoms with E-state index in [-0.39, 0.29) is 22.1 Å². The maximum Gasteiger partial charge on any atom is 0.240 e. The second-order valence-electron chi connectivity index (χ2n) is 3.95. The number of nitrogen functional groups attached to an aromatic ring is 1. The smallest absolute Gasteiger partial charge is 0.240 e. The summed E-state index contributed by atoms with van der Waals surface area (Å²) in [6, 6.07) is 6.28. The van der Waals surface area contributed by atoms with Crippen molar-refractivity contribution in [2.45, 2.75) is 4.90 Å². The molecule has 5 nitrogen and oxygen atoms in total. The lowest BCUT2D eigenvalue weighted by Gasteiger charge is -2.09. The van der Waals surface area contributed by atoms with Crippen LogP contribution in [0.4, 0.5) is 14.5 Å². The van der Waals surface area contributed by atoms with Crippen molar-refractivity contribution in [2.24, 2.45) is 5.14 Å². The van der Waals surface area contributed by atoms with Gasteiger partial charge in [0.05, 0.1) is 5.69 Å². The first kappa shape index (κ1) is 14.2. The van der Waals surface area contributed by atoms with E-state index in [0.29, 0.717) is 6.07 Å². The number of ether oxygens (including phenoxy) is 1. The van der Waals surface area contributed by atoms with Gasteiger partial charge in [0.1, 0.15) is 28.0 Å². The number of halogens is 2. The van der Waals surface area contributed by atoms with E-state index in [4.69, 9.17) is 15.6 Å². The summed E-state index contributed by atoms with van der Waals surface area (Å²) >= 11 is 0. The van der Waals surface area contributed by atoms with Gasteiger partial charge in [-0.2, -0.15) is 0 Å². The molecule has 0 saturated heterocycles. The van der Waals surface area contributed by atoms with Gasteiger partial charge in [0.25, 0.3) is 0 Å². The summed E-state index contributed by atoms with van der Waals surface area (Å²) in [5.41, 5.74) is 5.41. The SMILES string of the molecule is Nc1cc(Oc2cc(F)cc(F)c2)ccc1S(N)(=O)=O. The molecule has 0 spiro atoms. The third-order valence-corrected chi connectivity index (χ3v) is 3.34. The number of primary sulfonamides is 1. The van der Waals surface area contributed by atoms with E-state index in [1.165, 1.54) is 12.1 Å². The third-order valence-electron chi connectivity index (χ3n) is 2.36. The van der Waals surface area contributed by atoms with Crippen molar-refractivity contribution in [1.82, 2.24) is 0 Å². The van der Waals surface area contributed by atoms with Gasteiger partial charge in [-0.3, -0.25) is 0 Å². The quantitative estimate of drug-likeness (QED) is 0.847. The fraction of sp³-hybridized carbons (Fsp3) is 0. The van der Waals surface area contributed by atoms with Crippen LogP contribution < -0.4 is 15.6 Å². The zero-order valence-electron chi connectivity index (χ0n) is 10.0. The van der Waals surface area contributed by atoms with Crippen molar-refractivity contribution in [1.29, 1.82) is 0 Å². The van der Waals surface area contributed by atoms with Gasteiger partial charge in [0.2, 0.25) is 10.0 Å². The summed E-state index contributed by atoms with van der Waals surface area (Å²) in [6.45, 7) is 0. The van der Waals surface area contributed by atoms with Gasteiger partial charge >= 0.3 is 0 Å². The fourth-order valence-electron chi connectivity index (χ4n) is 1.57. The van der Waals surface area contributed by atoms with Crippen LogP contribution in [0.25, 0.3) is 0 Å². The molecule has 0 aliphatic rings. The maximum absolute atomic E-state index is 13.0. The molecular weight excluding hydrogens is 290 g/mol. The number of nitrogens with two attached hydrogens (primary N) is 2. The van der Waals surface area contributed by atoms with Crippen LogP contribution in [-0.4, -0.2) is 8.42 Å². The molecule has 0 aliphatic carbocycles. The minimum absolute atomic E-state index is 0.0785. The molecule has 20 heavy (non-hydrogen) atoms. The summed E-state index contributed by atoms with van der Waals surface area (Å²) < 4.78 is 53.5. The van der Waals surface area contributed by atoms with Crippen molar-refractivity contribution in [2.75, 3.05) is 5.73 Å². The highest BCUT2D eigenvalue weighted by molar-refractivity contribution is 7.89. The first-order valence-corrected chi connectivity index (χ1v) is 6.86. The standard InChI is InChI=1S/C12H10F2N2O3S/c13-7-3-8(14)5-10(4-7)19-9-1-2-12(11(15)6-9)20(16,17)18/h1-6H,15H2,(H2,16,17,18). The van der Waals surface area contributed by atoms with Crippen LogP contribution in [0.3, 0.4) is 0 Å². The van der Waals surface area contributed by atoms with Crippen LogP contribution in [0.1, 0.15) is 0 Å². The Morgan fingerprint density at radius 1 is 0.950 bits per heavy atom. The Morgan fingerprint density at radius 3 is 2.05 bits per heavy atom. The van der Waals surface area contributed by atoms with Gasteiger partial charge in [0.15, 0.2) is 0 Å². The third kappa shape index (κ3) is 3.22. The van der Waals surface area contributed by atoms with Crippen LogP contribution in [-0.2, 0) is 10.0 Å². The molecule has 8 heteroatoms. The number of benzene rings is 2. The first-order valence-electron chi connectivity index (χ1n) is 5.32. The topological polar surface area (TPSA) is 95.4 Å². The second-order valence-corrected chi connectivity index (χ2v) is 5.48. The molecule has 0 aromatic heterocycles. The van der Waals surface area contributed by atoms with Crippen LogP contribution in [0, 0.1) is 11.6 Å². The molecule has 0 saturated carbocycles. The minimum Gasteiger partial charge on any atom is -0.457 e. The fourth-order valence-corrected chi connectivity index (χ4v) is 2.22. The Morgan fingerprint density at radius 2 is 1.55 bits per heavy atom. The summed E-state index contributed by atoms with van der Waals surface area (Å²) in [7, 11) is -3.94. The molecule has 0 atom stereocenters. The molecule has 0 aliphatic heterocycles. The van der Waals surface area contributed by atoms with E-state index < -0.39 is 21.7 Å². The lowest BCUT2D eigenvalue weighted by molar-refractivity contribution is 0.468. The van der Waals surface area contributed by atoms with E-state index in [0.717, 1.165) is 18.2 Å². The summed E-state index contributed by atoms with van der Waals surface area (Å²) in [5.74, 6) is -1.55. The molecule has 106 valence electrons. The van der Waals surface area contributed by atoms with E-state index in [2.05, 4.69) is 0 Å². The van der Waals surface area contributed by atoms with E-state index in [1.807, 2.05) is 0 Å². The highest BCUT2D eigenvalue weighted by atomic mass is 32.2. The predicted octanol–water partition coefficient (Wildman–Crippen LogP) is 1.99. The lowest BCUT2D eigenvalue weighted by Crippen LogP contribution is -2.14. The molecule has 0 radical (unpaired) electrons. The van der Waals surface area contributed by atoms with Gasteiger partial charge in [-0.25, -0.2) is 22.3 Å². The minimum atomic E-state index is -3.94. The van der Waals surface area contributed by atoms with Crippen molar-refractivity contribution in [3.63, 3.8) is 0 Å². The van der Waals surface area contributed by atoms with Crippen LogP contribution in [0.15, 0.2) is 41.3 Å². The lowest BCUT2D eigenvalue weighted by atomic mass is 10.3. The molecular formula is C12H10F2N2O3S. The van der Waals surface area contributed by atoms with Crippen LogP contribution >= 0.6 is 0 Å². The number of hydrogen-bond donors (Lipinski definition) is 2. The second kappa shape index (κ2) is 5.06. The number of rotatable bonds is 3. The molecule has 0 fully saturated rings. The van der Waals surface area contributed by atoms with E-state index >= 15 is 0 Å². The average molecular weight is 300 g/mol. The zero-order chi connectivity index (χ0) is 14.9. The monoisotopic (exact) mass is 300 g/mol. The van der Waals surface area contributed by atoms with Gasteiger partial charge in [-0.15, -0.1) is 0 Å². The Balaban J connectivity index is 2.33. The maximum atomic E-state index is 13.0. The van der Waals surface area contributed by atoms with Crippen LogP contribution in [0.2, 0.25) is 0 Å². The highest BCUT2D eigenvalue weighted by Gasteiger charge is 2.13. The molecule has 0 bridgehead atoms. The number of sulfonamides is 1. The largest absolute Gasteiger partial charge is 0.457 e. The molecule has 2 aromatic rings.